The summed E-state index contributed by atoms with van der Waals surface area (Å²) >= 11 is 0. The molecule has 0 bridgehead atoms. The first-order valence-electron chi connectivity index (χ1n) is 6.27. The van der Waals surface area contributed by atoms with Crippen molar-refractivity contribution in [1.82, 2.24) is 10.3 Å². The van der Waals surface area contributed by atoms with Crippen LogP contribution in [0.15, 0.2) is 24.3 Å². The average molecular weight is 265 g/mol. The number of nitrogen functional groups attached to an aromatic ring is 1. The Morgan fingerprint density at radius 3 is 2.84 bits per heavy atom. The molecule has 1 aromatic rings. The highest BCUT2D eigenvalue weighted by molar-refractivity contribution is 5.93. The summed E-state index contributed by atoms with van der Waals surface area (Å²) < 4.78 is 5.40. The predicted molar refractivity (Wildman–Crippen MR) is 70.2 cm³/mol. The summed E-state index contributed by atoms with van der Waals surface area (Å²) in [4.78, 5) is 13.5. The zero-order valence-electron chi connectivity index (χ0n) is 10.7. The van der Waals surface area contributed by atoms with Crippen LogP contribution in [-0.4, -0.2) is 48.3 Å². The summed E-state index contributed by atoms with van der Waals surface area (Å²) in [5, 5.41) is 9.09. The molecule has 1 aliphatic rings. The zero-order chi connectivity index (χ0) is 13.7. The number of nitrogens with one attached hydrogen (secondary N) is 1. The molecule has 2 rings (SSSR count). The zero-order valence-corrected chi connectivity index (χ0v) is 10.7. The van der Waals surface area contributed by atoms with Crippen molar-refractivity contribution in [3.63, 3.8) is 0 Å². The van der Waals surface area contributed by atoms with E-state index in [4.69, 9.17) is 15.7 Å². The molecule has 1 aliphatic heterocycles. The first-order chi connectivity index (χ1) is 9.22. The topological polar surface area (TPSA) is 87.8 Å². The summed E-state index contributed by atoms with van der Waals surface area (Å²) in [6.07, 6.45) is -0.101. The molecule has 19 heavy (non-hydrogen) atoms. The van der Waals surface area contributed by atoms with Crippen LogP contribution in [-0.2, 0) is 11.3 Å². The minimum absolute atomic E-state index is 0.0477. The van der Waals surface area contributed by atoms with Crippen LogP contribution in [0.2, 0.25) is 0 Å². The maximum absolute atomic E-state index is 11.3. The average Bonchev–Trinajstić information content (AvgIpc) is 2.47. The van der Waals surface area contributed by atoms with Gasteiger partial charge < -0.3 is 9.84 Å². The molecule has 1 unspecified atom stereocenters. The number of carbonyl (C=O) groups excluding carboxylic acids is 1. The van der Waals surface area contributed by atoms with E-state index in [9.17, 15) is 4.79 Å². The third-order valence-corrected chi connectivity index (χ3v) is 3.18. The van der Waals surface area contributed by atoms with Crippen LogP contribution in [0.25, 0.3) is 0 Å². The molecule has 0 aliphatic carbocycles. The number of amides is 1. The molecule has 1 atom stereocenters. The lowest BCUT2D eigenvalue weighted by Gasteiger charge is -2.32. The SMILES string of the molecule is NNC(=O)c1ccc(CN2CCOC(CO)C2)cc1. The third-order valence-electron chi connectivity index (χ3n) is 3.18. The molecular weight excluding hydrogens is 246 g/mol. The Morgan fingerprint density at radius 1 is 1.47 bits per heavy atom. The second kappa shape index (κ2) is 6.63. The summed E-state index contributed by atoms with van der Waals surface area (Å²) in [5.74, 6) is 4.78. The fourth-order valence-electron chi connectivity index (χ4n) is 2.14. The van der Waals surface area contributed by atoms with Gasteiger partial charge in [-0.1, -0.05) is 12.1 Å². The van der Waals surface area contributed by atoms with Crippen molar-refractivity contribution in [3.05, 3.63) is 35.4 Å². The molecule has 0 spiro atoms. The van der Waals surface area contributed by atoms with Crippen molar-refractivity contribution in [3.8, 4) is 0 Å². The lowest BCUT2D eigenvalue weighted by atomic mass is 10.1. The van der Waals surface area contributed by atoms with Gasteiger partial charge in [-0.05, 0) is 17.7 Å². The lowest BCUT2D eigenvalue weighted by Crippen LogP contribution is -2.43. The van der Waals surface area contributed by atoms with Crippen LogP contribution in [0.1, 0.15) is 15.9 Å². The van der Waals surface area contributed by atoms with E-state index in [2.05, 4.69) is 10.3 Å². The summed E-state index contributed by atoms with van der Waals surface area (Å²) in [6.45, 7) is 3.04. The predicted octanol–water partition coefficient (Wildman–Crippen LogP) is -0.517. The number of morpholine rings is 1. The van der Waals surface area contributed by atoms with E-state index in [0.717, 1.165) is 25.2 Å². The highest BCUT2D eigenvalue weighted by Crippen LogP contribution is 2.11. The lowest BCUT2D eigenvalue weighted by molar-refractivity contribution is -0.0551. The van der Waals surface area contributed by atoms with Gasteiger partial charge in [0, 0.05) is 25.2 Å². The van der Waals surface area contributed by atoms with Gasteiger partial charge in [-0.25, -0.2) is 5.84 Å². The van der Waals surface area contributed by atoms with Crippen LogP contribution in [0.4, 0.5) is 0 Å². The van der Waals surface area contributed by atoms with Crippen molar-refractivity contribution in [2.24, 2.45) is 5.84 Å². The first-order valence-corrected chi connectivity index (χ1v) is 6.27. The molecule has 0 radical (unpaired) electrons. The first kappa shape index (κ1) is 14.0. The van der Waals surface area contributed by atoms with Crippen molar-refractivity contribution >= 4 is 5.91 Å². The van der Waals surface area contributed by atoms with E-state index in [0.29, 0.717) is 12.2 Å². The molecule has 1 saturated heterocycles. The maximum atomic E-state index is 11.3. The second-order valence-corrected chi connectivity index (χ2v) is 4.58. The molecule has 0 saturated carbocycles. The van der Waals surface area contributed by atoms with E-state index >= 15 is 0 Å². The van der Waals surface area contributed by atoms with Gasteiger partial charge in [-0.2, -0.15) is 0 Å². The molecule has 4 N–H and O–H groups in total. The number of hydrogen-bond donors (Lipinski definition) is 3. The number of aliphatic hydroxyl groups is 1. The number of nitrogens with zero attached hydrogens (tertiary/aromatic N) is 1. The standard InChI is InChI=1S/C13H19N3O3/c14-15-13(18)11-3-1-10(2-4-11)7-16-5-6-19-12(8-16)9-17/h1-4,12,17H,5-9,14H2,(H,15,18). The summed E-state index contributed by atoms with van der Waals surface area (Å²) in [5.41, 5.74) is 3.76. The van der Waals surface area contributed by atoms with Gasteiger partial charge in [0.05, 0.1) is 19.3 Å². The highest BCUT2D eigenvalue weighted by atomic mass is 16.5. The number of nitrogens with two attached hydrogens (primary N) is 1. The van der Waals surface area contributed by atoms with Crippen molar-refractivity contribution < 1.29 is 14.6 Å². The minimum Gasteiger partial charge on any atom is -0.394 e. The molecule has 6 nitrogen and oxygen atoms in total. The Kier molecular flexibility index (Phi) is 4.86. The van der Waals surface area contributed by atoms with E-state index in [-0.39, 0.29) is 18.6 Å². The molecule has 1 aromatic carbocycles. The minimum atomic E-state index is -0.293. The molecule has 104 valence electrons. The Balaban J connectivity index is 1.94. The summed E-state index contributed by atoms with van der Waals surface area (Å²) in [7, 11) is 0. The molecule has 6 heteroatoms. The third kappa shape index (κ3) is 3.74. The Hall–Kier alpha value is -1.47. The van der Waals surface area contributed by atoms with Crippen LogP contribution in [0.3, 0.4) is 0 Å². The van der Waals surface area contributed by atoms with Gasteiger partial charge in [-0.15, -0.1) is 0 Å². The van der Waals surface area contributed by atoms with Crippen LogP contribution >= 0.6 is 0 Å². The normalized spacial score (nSPS) is 20.2. The Labute approximate surface area is 112 Å². The van der Waals surface area contributed by atoms with Gasteiger partial charge in [-0.3, -0.25) is 15.1 Å². The number of aliphatic hydroxyl groups excluding tert-OH is 1. The van der Waals surface area contributed by atoms with Gasteiger partial charge >= 0.3 is 0 Å². The largest absolute Gasteiger partial charge is 0.394 e. The molecule has 1 amide bonds. The monoisotopic (exact) mass is 265 g/mol. The quantitative estimate of drug-likeness (QED) is 0.387. The van der Waals surface area contributed by atoms with E-state index in [1.165, 1.54) is 0 Å². The maximum Gasteiger partial charge on any atom is 0.265 e. The fourth-order valence-corrected chi connectivity index (χ4v) is 2.14. The molecule has 1 heterocycles. The van der Waals surface area contributed by atoms with Crippen LogP contribution < -0.4 is 11.3 Å². The van der Waals surface area contributed by atoms with Crippen LogP contribution in [0.5, 0.6) is 0 Å². The molecule has 1 fully saturated rings. The fraction of sp³-hybridized carbons (Fsp3) is 0.462. The Morgan fingerprint density at radius 2 is 2.21 bits per heavy atom. The van der Waals surface area contributed by atoms with E-state index in [1.807, 2.05) is 12.1 Å². The smallest absolute Gasteiger partial charge is 0.265 e. The number of rotatable bonds is 4. The second-order valence-electron chi connectivity index (χ2n) is 4.58. The van der Waals surface area contributed by atoms with E-state index in [1.54, 1.807) is 12.1 Å². The van der Waals surface area contributed by atoms with Gasteiger partial charge in [0.1, 0.15) is 0 Å². The van der Waals surface area contributed by atoms with Crippen molar-refractivity contribution in [2.75, 3.05) is 26.3 Å². The molecular formula is C13H19N3O3. The molecule has 0 aromatic heterocycles. The van der Waals surface area contributed by atoms with Crippen molar-refractivity contribution in [1.29, 1.82) is 0 Å². The number of ether oxygens (including phenoxy) is 1. The van der Waals surface area contributed by atoms with Gasteiger partial charge in [0.15, 0.2) is 0 Å². The number of hydrazine groups is 1. The summed E-state index contributed by atoms with van der Waals surface area (Å²) in [6, 6.07) is 7.32. The van der Waals surface area contributed by atoms with E-state index < -0.39 is 0 Å². The Bertz CT molecular complexity index is 422. The van der Waals surface area contributed by atoms with Crippen molar-refractivity contribution in [2.45, 2.75) is 12.6 Å². The highest BCUT2D eigenvalue weighted by Gasteiger charge is 2.19. The van der Waals surface area contributed by atoms with Gasteiger partial charge in [0.25, 0.3) is 5.91 Å². The number of benzene rings is 1. The van der Waals surface area contributed by atoms with Crippen LogP contribution in [0, 0.1) is 0 Å². The number of carbonyl (C=O) groups is 1. The van der Waals surface area contributed by atoms with Gasteiger partial charge in [0.2, 0.25) is 0 Å². The number of hydrogen-bond acceptors (Lipinski definition) is 5.